The third-order valence-electron chi connectivity index (χ3n) is 2.75. The topological polar surface area (TPSA) is 68.5 Å². The molecule has 1 atom stereocenters. The second kappa shape index (κ2) is 4.34. The van der Waals surface area contributed by atoms with Gasteiger partial charge in [-0.2, -0.15) is 0 Å². The first-order valence-electron chi connectivity index (χ1n) is 5.54. The Morgan fingerprint density at radius 1 is 1.39 bits per heavy atom. The predicted molar refractivity (Wildman–Crippen MR) is 70.5 cm³/mol. The van der Waals surface area contributed by atoms with Crippen molar-refractivity contribution in [1.82, 2.24) is 24.7 Å². The number of thiophene rings is 1. The third kappa shape index (κ3) is 1.82. The van der Waals surface area contributed by atoms with E-state index in [2.05, 4.69) is 25.5 Å². The SMILES string of the molecule is CC(Nc1ncnc2sccc12)c1nncn1C. The van der Waals surface area contributed by atoms with E-state index in [0.29, 0.717) is 0 Å². The van der Waals surface area contributed by atoms with E-state index < -0.39 is 0 Å². The highest BCUT2D eigenvalue weighted by Crippen LogP contribution is 2.26. The van der Waals surface area contributed by atoms with Gasteiger partial charge in [0.05, 0.1) is 11.4 Å². The highest BCUT2D eigenvalue weighted by Gasteiger charge is 2.13. The Kier molecular flexibility index (Phi) is 2.67. The lowest BCUT2D eigenvalue weighted by Gasteiger charge is -2.13. The minimum atomic E-state index is 0.0375. The molecule has 18 heavy (non-hydrogen) atoms. The molecule has 3 rings (SSSR count). The number of anilines is 1. The average Bonchev–Trinajstić information content (AvgIpc) is 2.97. The van der Waals surface area contributed by atoms with Crippen LogP contribution in [0, 0.1) is 0 Å². The molecular formula is C11H12N6S. The van der Waals surface area contributed by atoms with E-state index in [-0.39, 0.29) is 6.04 Å². The predicted octanol–water partition coefficient (Wildman–Crippen LogP) is 1.99. The number of hydrogen-bond acceptors (Lipinski definition) is 6. The quantitative estimate of drug-likeness (QED) is 0.780. The zero-order valence-electron chi connectivity index (χ0n) is 10.0. The van der Waals surface area contributed by atoms with Crippen LogP contribution in [0.1, 0.15) is 18.8 Å². The number of rotatable bonds is 3. The van der Waals surface area contributed by atoms with E-state index in [0.717, 1.165) is 21.9 Å². The Labute approximate surface area is 108 Å². The molecule has 0 spiro atoms. The molecule has 1 unspecified atom stereocenters. The van der Waals surface area contributed by atoms with Crippen LogP contribution in [0.15, 0.2) is 24.1 Å². The summed E-state index contributed by atoms with van der Waals surface area (Å²) in [6.07, 6.45) is 3.26. The summed E-state index contributed by atoms with van der Waals surface area (Å²) in [5.41, 5.74) is 0. The van der Waals surface area contributed by atoms with Crippen molar-refractivity contribution in [1.29, 1.82) is 0 Å². The molecule has 0 aromatic carbocycles. The number of hydrogen-bond donors (Lipinski definition) is 1. The Hall–Kier alpha value is -2.02. The zero-order chi connectivity index (χ0) is 12.5. The average molecular weight is 260 g/mol. The Morgan fingerprint density at radius 3 is 3.06 bits per heavy atom. The van der Waals surface area contributed by atoms with Crippen LogP contribution in [0.25, 0.3) is 10.2 Å². The van der Waals surface area contributed by atoms with Crippen LogP contribution >= 0.6 is 11.3 Å². The molecule has 0 aliphatic rings. The lowest BCUT2D eigenvalue weighted by Crippen LogP contribution is -2.13. The molecule has 3 aromatic heterocycles. The van der Waals surface area contributed by atoms with Crippen LogP contribution < -0.4 is 5.32 Å². The van der Waals surface area contributed by atoms with Crippen molar-refractivity contribution in [3.8, 4) is 0 Å². The van der Waals surface area contributed by atoms with Crippen molar-refractivity contribution >= 4 is 27.4 Å². The summed E-state index contributed by atoms with van der Waals surface area (Å²) in [5.74, 6) is 1.70. The largest absolute Gasteiger partial charge is 0.360 e. The summed E-state index contributed by atoms with van der Waals surface area (Å²) < 4.78 is 1.89. The lowest BCUT2D eigenvalue weighted by molar-refractivity contribution is 0.717. The Bertz CT molecular complexity index is 673. The molecule has 0 radical (unpaired) electrons. The fraction of sp³-hybridized carbons (Fsp3) is 0.273. The van der Waals surface area contributed by atoms with Crippen molar-refractivity contribution in [3.63, 3.8) is 0 Å². The summed E-state index contributed by atoms with van der Waals surface area (Å²) in [4.78, 5) is 9.49. The number of aromatic nitrogens is 5. The highest BCUT2D eigenvalue weighted by molar-refractivity contribution is 7.16. The Balaban J connectivity index is 1.93. The lowest BCUT2D eigenvalue weighted by atomic mass is 10.3. The van der Waals surface area contributed by atoms with Crippen molar-refractivity contribution in [2.24, 2.45) is 7.05 Å². The van der Waals surface area contributed by atoms with Gasteiger partial charge < -0.3 is 9.88 Å². The molecular weight excluding hydrogens is 248 g/mol. The van der Waals surface area contributed by atoms with Crippen molar-refractivity contribution in [2.75, 3.05) is 5.32 Å². The summed E-state index contributed by atoms with van der Waals surface area (Å²) in [7, 11) is 1.92. The van der Waals surface area contributed by atoms with Gasteiger partial charge in [-0.25, -0.2) is 9.97 Å². The number of nitrogens with one attached hydrogen (secondary N) is 1. The normalized spacial score (nSPS) is 12.8. The summed E-state index contributed by atoms with van der Waals surface area (Å²) in [6.45, 7) is 2.03. The number of aryl methyl sites for hydroxylation is 1. The van der Waals surface area contributed by atoms with E-state index >= 15 is 0 Å². The maximum atomic E-state index is 4.29. The second-order valence-corrected chi connectivity index (χ2v) is 4.92. The van der Waals surface area contributed by atoms with Crippen LogP contribution in [0.2, 0.25) is 0 Å². The standard InChI is InChI=1S/C11H12N6S/c1-7(10-16-14-6-17(10)2)15-9-8-3-4-18-11(8)13-5-12-9/h3-7H,1-2H3,(H,12,13,15). The summed E-state index contributed by atoms with van der Waals surface area (Å²) in [5, 5.41) is 14.4. The van der Waals surface area contributed by atoms with E-state index in [1.165, 1.54) is 0 Å². The van der Waals surface area contributed by atoms with Gasteiger partial charge in [-0.15, -0.1) is 21.5 Å². The van der Waals surface area contributed by atoms with Gasteiger partial charge in [0.2, 0.25) is 0 Å². The molecule has 0 bridgehead atoms. The van der Waals surface area contributed by atoms with Crippen LogP contribution in [-0.2, 0) is 7.05 Å². The minimum Gasteiger partial charge on any atom is -0.360 e. The molecule has 7 heteroatoms. The number of fused-ring (bicyclic) bond motifs is 1. The first kappa shape index (κ1) is 11.1. The molecule has 0 fully saturated rings. The van der Waals surface area contributed by atoms with Gasteiger partial charge in [-0.1, -0.05) is 0 Å². The molecule has 0 saturated carbocycles. The molecule has 3 heterocycles. The highest BCUT2D eigenvalue weighted by atomic mass is 32.1. The maximum absolute atomic E-state index is 4.29. The molecule has 1 N–H and O–H groups in total. The summed E-state index contributed by atoms with van der Waals surface area (Å²) in [6, 6.07) is 2.06. The van der Waals surface area contributed by atoms with Crippen molar-refractivity contribution < 1.29 is 0 Å². The minimum absolute atomic E-state index is 0.0375. The van der Waals surface area contributed by atoms with Gasteiger partial charge in [0.1, 0.15) is 23.3 Å². The van der Waals surface area contributed by atoms with E-state index in [1.807, 2.05) is 30.0 Å². The van der Waals surface area contributed by atoms with E-state index in [1.54, 1.807) is 24.0 Å². The van der Waals surface area contributed by atoms with Crippen LogP contribution in [-0.4, -0.2) is 24.7 Å². The number of nitrogens with zero attached hydrogens (tertiary/aromatic N) is 5. The molecule has 3 aromatic rings. The van der Waals surface area contributed by atoms with Crippen LogP contribution in [0.5, 0.6) is 0 Å². The molecule has 92 valence electrons. The molecule has 0 amide bonds. The molecule has 0 saturated heterocycles. The van der Waals surface area contributed by atoms with Gasteiger partial charge in [0.25, 0.3) is 0 Å². The van der Waals surface area contributed by atoms with Crippen molar-refractivity contribution in [3.05, 3.63) is 29.9 Å². The third-order valence-corrected chi connectivity index (χ3v) is 3.57. The van der Waals surface area contributed by atoms with Gasteiger partial charge >= 0.3 is 0 Å². The first-order valence-corrected chi connectivity index (χ1v) is 6.42. The van der Waals surface area contributed by atoms with Crippen molar-refractivity contribution in [2.45, 2.75) is 13.0 Å². The maximum Gasteiger partial charge on any atom is 0.154 e. The smallest absolute Gasteiger partial charge is 0.154 e. The zero-order valence-corrected chi connectivity index (χ0v) is 10.8. The van der Waals surface area contributed by atoms with E-state index in [9.17, 15) is 0 Å². The molecule has 0 aliphatic heterocycles. The Morgan fingerprint density at radius 2 is 2.28 bits per heavy atom. The van der Waals surface area contributed by atoms with Gasteiger partial charge in [0.15, 0.2) is 5.82 Å². The first-order chi connectivity index (χ1) is 8.75. The van der Waals surface area contributed by atoms with Gasteiger partial charge in [-0.05, 0) is 18.4 Å². The van der Waals surface area contributed by atoms with Gasteiger partial charge in [0, 0.05) is 7.05 Å². The van der Waals surface area contributed by atoms with E-state index in [4.69, 9.17) is 0 Å². The van der Waals surface area contributed by atoms with Crippen LogP contribution in [0.3, 0.4) is 0 Å². The van der Waals surface area contributed by atoms with Gasteiger partial charge in [-0.3, -0.25) is 0 Å². The fourth-order valence-electron chi connectivity index (χ4n) is 1.86. The molecule has 6 nitrogen and oxygen atoms in total. The molecule has 0 aliphatic carbocycles. The summed E-state index contributed by atoms with van der Waals surface area (Å²) >= 11 is 1.60. The fourth-order valence-corrected chi connectivity index (χ4v) is 2.59. The monoisotopic (exact) mass is 260 g/mol. The second-order valence-electron chi connectivity index (χ2n) is 4.03. The van der Waals surface area contributed by atoms with Crippen LogP contribution in [0.4, 0.5) is 5.82 Å².